The fourth-order valence-corrected chi connectivity index (χ4v) is 2.61. The van der Waals surface area contributed by atoms with E-state index in [9.17, 15) is 8.42 Å². The normalized spacial score (nSPS) is 12.3. The second-order valence-corrected chi connectivity index (χ2v) is 5.59. The number of sulfonamides is 1. The molecule has 2 N–H and O–H groups in total. The van der Waals surface area contributed by atoms with Gasteiger partial charge in [0.2, 0.25) is 10.0 Å². The summed E-state index contributed by atoms with van der Waals surface area (Å²) in [6, 6.07) is 1.62. The molecule has 0 saturated carbocycles. The Bertz CT molecular complexity index is 449. The van der Waals surface area contributed by atoms with Gasteiger partial charge in [0, 0.05) is 24.5 Å². The highest BCUT2D eigenvalue weighted by atomic mass is 32.2. The summed E-state index contributed by atoms with van der Waals surface area (Å²) in [6.07, 6.45) is 1.55. The van der Waals surface area contributed by atoms with Gasteiger partial charge in [0.05, 0.1) is 11.5 Å². The number of rotatable bonds is 5. The van der Waals surface area contributed by atoms with Gasteiger partial charge < -0.3 is 9.67 Å². The molecule has 92 valence electrons. The highest BCUT2D eigenvalue weighted by Gasteiger charge is 2.17. The monoisotopic (exact) mass is 246 g/mol. The minimum Gasteiger partial charge on any atom is -0.390 e. The lowest BCUT2D eigenvalue weighted by Gasteiger charge is -2.10. The molecule has 0 amide bonds. The van der Waals surface area contributed by atoms with Crippen molar-refractivity contribution in [3.63, 3.8) is 0 Å². The van der Waals surface area contributed by atoms with Crippen LogP contribution < -0.4 is 4.72 Å². The van der Waals surface area contributed by atoms with Crippen LogP contribution in [0.1, 0.15) is 32.5 Å². The highest BCUT2D eigenvalue weighted by Crippen LogP contribution is 2.18. The van der Waals surface area contributed by atoms with Gasteiger partial charge in [-0.05, 0) is 19.9 Å². The van der Waals surface area contributed by atoms with E-state index in [1.165, 1.54) is 6.07 Å². The number of hydrogen-bond donors (Lipinski definition) is 2. The minimum absolute atomic E-state index is 0.118. The molecule has 0 fully saturated rings. The minimum atomic E-state index is -3.44. The summed E-state index contributed by atoms with van der Waals surface area (Å²) in [6.45, 7) is 5.78. The van der Waals surface area contributed by atoms with Crippen LogP contribution in [-0.4, -0.2) is 24.6 Å². The maximum atomic E-state index is 11.7. The van der Waals surface area contributed by atoms with Crippen molar-refractivity contribution in [3.8, 4) is 0 Å². The SMILES string of the molecule is CCNS(=O)(=O)c1cc(CO)n(C(C)C)c1. The van der Waals surface area contributed by atoms with Gasteiger partial charge in [-0.15, -0.1) is 0 Å². The van der Waals surface area contributed by atoms with Crippen molar-refractivity contribution >= 4 is 10.0 Å². The average molecular weight is 246 g/mol. The van der Waals surface area contributed by atoms with Gasteiger partial charge in [-0.1, -0.05) is 6.92 Å². The lowest BCUT2D eigenvalue weighted by Crippen LogP contribution is -2.22. The van der Waals surface area contributed by atoms with Crippen molar-refractivity contribution in [2.24, 2.45) is 0 Å². The third-order valence-corrected chi connectivity index (χ3v) is 3.78. The molecule has 1 rings (SSSR count). The first kappa shape index (κ1) is 13.2. The summed E-state index contributed by atoms with van der Waals surface area (Å²) in [4.78, 5) is 0.201. The van der Waals surface area contributed by atoms with Crippen LogP contribution in [0.4, 0.5) is 0 Å². The van der Waals surface area contributed by atoms with Gasteiger partial charge in [0.1, 0.15) is 0 Å². The van der Waals surface area contributed by atoms with E-state index in [0.29, 0.717) is 12.2 Å². The third-order valence-electron chi connectivity index (χ3n) is 2.27. The number of nitrogens with one attached hydrogen (secondary N) is 1. The van der Waals surface area contributed by atoms with Crippen molar-refractivity contribution in [1.29, 1.82) is 0 Å². The Morgan fingerprint density at radius 1 is 1.50 bits per heavy atom. The summed E-state index contributed by atoms with van der Waals surface area (Å²) in [5, 5.41) is 9.14. The van der Waals surface area contributed by atoms with Crippen LogP contribution in [0.15, 0.2) is 17.2 Å². The number of aromatic nitrogens is 1. The van der Waals surface area contributed by atoms with E-state index < -0.39 is 10.0 Å². The molecule has 1 aromatic heterocycles. The standard InChI is InChI=1S/C10H18N2O3S/c1-4-11-16(14,15)10-5-9(7-13)12(6-10)8(2)3/h5-6,8,11,13H,4,7H2,1-3H3. The summed E-state index contributed by atoms with van der Waals surface area (Å²) < 4.78 is 27.6. The molecule has 1 heterocycles. The Balaban J connectivity index is 3.18. The van der Waals surface area contributed by atoms with E-state index in [4.69, 9.17) is 5.11 Å². The second-order valence-electron chi connectivity index (χ2n) is 3.83. The Morgan fingerprint density at radius 2 is 2.12 bits per heavy atom. The molecule has 0 spiro atoms. The molecule has 0 atom stereocenters. The molecule has 0 radical (unpaired) electrons. The van der Waals surface area contributed by atoms with Crippen LogP contribution in [0, 0.1) is 0 Å². The number of aliphatic hydroxyl groups excluding tert-OH is 1. The maximum Gasteiger partial charge on any atom is 0.242 e. The van der Waals surface area contributed by atoms with E-state index in [0.717, 1.165) is 0 Å². The Kier molecular flexibility index (Phi) is 4.12. The van der Waals surface area contributed by atoms with E-state index in [1.807, 2.05) is 13.8 Å². The molecule has 0 aliphatic heterocycles. The zero-order chi connectivity index (χ0) is 12.3. The quantitative estimate of drug-likeness (QED) is 0.809. The van der Waals surface area contributed by atoms with Crippen molar-refractivity contribution in [2.75, 3.05) is 6.54 Å². The first-order valence-electron chi connectivity index (χ1n) is 5.23. The molecule has 1 aromatic rings. The average Bonchev–Trinajstić information content (AvgIpc) is 2.61. The zero-order valence-electron chi connectivity index (χ0n) is 9.77. The highest BCUT2D eigenvalue weighted by molar-refractivity contribution is 7.89. The number of aliphatic hydroxyl groups is 1. The predicted molar refractivity (Wildman–Crippen MR) is 61.6 cm³/mol. The fraction of sp³-hybridized carbons (Fsp3) is 0.600. The Morgan fingerprint density at radius 3 is 2.50 bits per heavy atom. The van der Waals surface area contributed by atoms with Gasteiger partial charge in [-0.25, -0.2) is 13.1 Å². The van der Waals surface area contributed by atoms with Gasteiger partial charge in [-0.2, -0.15) is 0 Å². The Labute approximate surface area is 96.1 Å². The molecule has 6 heteroatoms. The van der Waals surface area contributed by atoms with Crippen molar-refractivity contribution in [3.05, 3.63) is 18.0 Å². The van der Waals surface area contributed by atoms with Crippen molar-refractivity contribution in [1.82, 2.24) is 9.29 Å². The molecular weight excluding hydrogens is 228 g/mol. The van der Waals surface area contributed by atoms with Gasteiger partial charge in [-0.3, -0.25) is 0 Å². The van der Waals surface area contributed by atoms with Crippen LogP contribution in [-0.2, 0) is 16.6 Å². The summed E-state index contributed by atoms with van der Waals surface area (Å²) >= 11 is 0. The molecule has 16 heavy (non-hydrogen) atoms. The maximum absolute atomic E-state index is 11.7. The second kappa shape index (κ2) is 4.99. The molecule has 0 aromatic carbocycles. The summed E-state index contributed by atoms with van der Waals surface area (Å²) in [7, 11) is -3.44. The molecule has 0 bridgehead atoms. The first-order chi connectivity index (χ1) is 7.42. The molecule has 0 unspecified atom stereocenters. The van der Waals surface area contributed by atoms with E-state index in [1.54, 1.807) is 17.7 Å². The van der Waals surface area contributed by atoms with Gasteiger partial charge in [0.15, 0.2) is 0 Å². The molecule has 0 aliphatic carbocycles. The smallest absolute Gasteiger partial charge is 0.242 e. The van der Waals surface area contributed by atoms with E-state index >= 15 is 0 Å². The number of hydrogen-bond acceptors (Lipinski definition) is 3. The molecule has 0 saturated heterocycles. The summed E-state index contributed by atoms with van der Waals surface area (Å²) in [5.41, 5.74) is 0.603. The van der Waals surface area contributed by atoms with Crippen molar-refractivity contribution in [2.45, 2.75) is 38.3 Å². The Hall–Kier alpha value is -0.850. The fourth-order valence-electron chi connectivity index (χ4n) is 1.52. The lowest BCUT2D eigenvalue weighted by molar-refractivity contribution is 0.268. The van der Waals surface area contributed by atoms with Crippen LogP contribution >= 0.6 is 0 Å². The van der Waals surface area contributed by atoms with Gasteiger partial charge in [0.25, 0.3) is 0 Å². The van der Waals surface area contributed by atoms with E-state index in [-0.39, 0.29) is 17.5 Å². The van der Waals surface area contributed by atoms with E-state index in [2.05, 4.69) is 4.72 Å². The van der Waals surface area contributed by atoms with Crippen LogP contribution in [0.5, 0.6) is 0 Å². The van der Waals surface area contributed by atoms with Crippen molar-refractivity contribution < 1.29 is 13.5 Å². The molecule has 0 aliphatic rings. The largest absolute Gasteiger partial charge is 0.390 e. The first-order valence-corrected chi connectivity index (χ1v) is 6.72. The van der Waals surface area contributed by atoms with Crippen LogP contribution in [0.2, 0.25) is 0 Å². The topological polar surface area (TPSA) is 71.3 Å². The van der Waals surface area contributed by atoms with Gasteiger partial charge >= 0.3 is 0 Å². The third kappa shape index (κ3) is 2.63. The predicted octanol–water partition coefficient (Wildman–Crippen LogP) is 0.859. The number of nitrogens with zero attached hydrogens (tertiary/aromatic N) is 1. The van der Waals surface area contributed by atoms with Crippen LogP contribution in [0.3, 0.4) is 0 Å². The molecular formula is C10H18N2O3S. The summed E-state index contributed by atoms with van der Waals surface area (Å²) in [5.74, 6) is 0. The zero-order valence-corrected chi connectivity index (χ0v) is 10.6. The lowest BCUT2D eigenvalue weighted by atomic mass is 10.3. The van der Waals surface area contributed by atoms with Crippen LogP contribution in [0.25, 0.3) is 0 Å². The molecule has 5 nitrogen and oxygen atoms in total.